The predicted molar refractivity (Wildman–Crippen MR) is 70.6 cm³/mol. The van der Waals surface area contributed by atoms with E-state index in [0.717, 1.165) is 12.1 Å². The number of carbonyl (C=O) groups is 1. The average Bonchev–Trinajstić information content (AvgIpc) is 2.32. The van der Waals surface area contributed by atoms with Crippen LogP contribution in [0.5, 0.6) is 0 Å². The van der Waals surface area contributed by atoms with Crippen LogP contribution in [0.3, 0.4) is 0 Å². The van der Waals surface area contributed by atoms with Crippen LogP contribution in [0.25, 0.3) is 0 Å². The fourth-order valence-corrected chi connectivity index (χ4v) is 2.01. The van der Waals surface area contributed by atoms with Crippen LogP contribution in [0.4, 0.5) is 14.5 Å². The standard InChI is InChI=1S/C14H13F2N3O/c1-7-12(8(2)18-9(3)17-7)14(20)19-13-10(15)5-4-6-11(13)16/h4-6H,1-3H3,(H,19,20). The van der Waals surface area contributed by atoms with Crippen LogP contribution in [0.2, 0.25) is 0 Å². The summed E-state index contributed by atoms with van der Waals surface area (Å²) in [6.07, 6.45) is 0. The summed E-state index contributed by atoms with van der Waals surface area (Å²) in [6.45, 7) is 5.00. The van der Waals surface area contributed by atoms with Crippen molar-refractivity contribution in [3.63, 3.8) is 0 Å². The van der Waals surface area contributed by atoms with Crippen LogP contribution in [-0.2, 0) is 0 Å². The molecule has 2 rings (SSSR count). The van der Waals surface area contributed by atoms with Crippen LogP contribution in [-0.4, -0.2) is 15.9 Å². The number of hydrogen-bond acceptors (Lipinski definition) is 3. The molecule has 0 spiro atoms. The van der Waals surface area contributed by atoms with Crippen molar-refractivity contribution in [1.29, 1.82) is 0 Å². The lowest BCUT2D eigenvalue weighted by atomic mass is 10.1. The molecule has 0 bridgehead atoms. The SMILES string of the molecule is Cc1nc(C)c(C(=O)Nc2c(F)cccc2F)c(C)n1. The Morgan fingerprint density at radius 1 is 1.05 bits per heavy atom. The molecule has 1 N–H and O–H groups in total. The van der Waals surface area contributed by atoms with E-state index in [1.54, 1.807) is 20.8 Å². The number of carbonyl (C=O) groups excluding carboxylic acids is 1. The molecule has 20 heavy (non-hydrogen) atoms. The number of benzene rings is 1. The molecule has 2 aromatic rings. The normalized spacial score (nSPS) is 10.4. The summed E-state index contributed by atoms with van der Waals surface area (Å²) in [5.41, 5.74) is 0.670. The molecule has 6 heteroatoms. The lowest BCUT2D eigenvalue weighted by Crippen LogP contribution is -2.19. The molecule has 1 aromatic carbocycles. The van der Waals surface area contributed by atoms with E-state index in [4.69, 9.17) is 0 Å². The van der Waals surface area contributed by atoms with E-state index in [2.05, 4.69) is 15.3 Å². The van der Waals surface area contributed by atoms with Gasteiger partial charge in [0.2, 0.25) is 0 Å². The van der Waals surface area contributed by atoms with Gasteiger partial charge < -0.3 is 5.32 Å². The first-order valence-corrected chi connectivity index (χ1v) is 5.97. The molecule has 1 heterocycles. The minimum Gasteiger partial charge on any atom is -0.317 e. The predicted octanol–water partition coefficient (Wildman–Crippen LogP) is 2.93. The number of nitrogens with zero attached hydrogens (tertiary/aromatic N) is 2. The number of anilines is 1. The van der Waals surface area contributed by atoms with Gasteiger partial charge in [-0.05, 0) is 32.9 Å². The summed E-state index contributed by atoms with van der Waals surface area (Å²) in [7, 11) is 0. The number of aryl methyl sites for hydroxylation is 3. The van der Waals surface area contributed by atoms with E-state index >= 15 is 0 Å². The molecule has 0 aliphatic heterocycles. The zero-order valence-corrected chi connectivity index (χ0v) is 11.3. The molecule has 0 saturated heterocycles. The monoisotopic (exact) mass is 277 g/mol. The number of hydrogen-bond donors (Lipinski definition) is 1. The maximum atomic E-state index is 13.5. The number of aromatic nitrogens is 2. The highest BCUT2D eigenvalue weighted by atomic mass is 19.1. The van der Waals surface area contributed by atoms with E-state index in [0.29, 0.717) is 17.2 Å². The van der Waals surface area contributed by atoms with Crippen molar-refractivity contribution in [2.24, 2.45) is 0 Å². The van der Waals surface area contributed by atoms with Crippen molar-refractivity contribution in [3.05, 3.63) is 52.6 Å². The highest BCUT2D eigenvalue weighted by Gasteiger charge is 2.18. The van der Waals surface area contributed by atoms with Gasteiger partial charge in [0.15, 0.2) is 0 Å². The molecule has 0 aliphatic rings. The molecule has 0 aliphatic carbocycles. The van der Waals surface area contributed by atoms with Gasteiger partial charge in [-0.15, -0.1) is 0 Å². The first kappa shape index (κ1) is 14.0. The molecular weight excluding hydrogens is 264 g/mol. The number of nitrogens with one attached hydrogen (secondary N) is 1. The van der Waals surface area contributed by atoms with Crippen LogP contribution >= 0.6 is 0 Å². The van der Waals surface area contributed by atoms with Crippen molar-refractivity contribution in [2.45, 2.75) is 20.8 Å². The minimum atomic E-state index is -0.832. The van der Waals surface area contributed by atoms with Crippen LogP contribution in [0.15, 0.2) is 18.2 Å². The van der Waals surface area contributed by atoms with E-state index < -0.39 is 23.2 Å². The Morgan fingerprint density at radius 3 is 2.05 bits per heavy atom. The summed E-state index contributed by atoms with van der Waals surface area (Å²) < 4.78 is 27.0. The van der Waals surface area contributed by atoms with Crippen molar-refractivity contribution < 1.29 is 13.6 Å². The summed E-state index contributed by atoms with van der Waals surface area (Å²) in [4.78, 5) is 20.3. The molecule has 0 fully saturated rings. The molecular formula is C14H13F2N3O. The van der Waals surface area contributed by atoms with Gasteiger partial charge in [-0.2, -0.15) is 0 Å². The first-order valence-electron chi connectivity index (χ1n) is 5.97. The maximum absolute atomic E-state index is 13.5. The van der Waals surface area contributed by atoms with Crippen LogP contribution in [0, 0.1) is 32.4 Å². The second-order valence-electron chi connectivity index (χ2n) is 4.37. The third-order valence-corrected chi connectivity index (χ3v) is 2.81. The Kier molecular flexibility index (Phi) is 3.74. The third-order valence-electron chi connectivity index (χ3n) is 2.81. The van der Waals surface area contributed by atoms with Crippen molar-refractivity contribution in [1.82, 2.24) is 9.97 Å². The average molecular weight is 277 g/mol. The molecule has 104 valence electrons. The van der Waals surface area contributed by atoms with Crippen molar-refractivity contribution in [3.8, 4) is 0 Å². The Hall–Kier alpha value is -2.37. The summed E-state index contributed by atoms with van der Waals surface area (Å²) in [5.74, 6) is -1.76. The Labute approximate surface area is 114 Å². The third kappa shape index (κ3) is 2.64. The second-order valence-corrected chi connectivity index (χ2v) is 4.37. The Balaban J connectivity index is 2.39. The molecule has 0 radical (unpaired) electrons. The van der Waals surface area contributed by atoms with Gasteiger partial charge in [0.25, 0.3) is 5.91 Å². The van der Waals surface area contributed by atoms with Gasteiger partial charge in [-0.25, -0.2) is 18.7 Å². The highest BCUT2D eigenvalue weighted by molar-refractivity contribution is 6.05. The van der Waals surface area contributed by atoms with E-state index in [9.17, 15) is 13.6 Å². The number of amides is 1. The first-order chi connectivity index (χ1) is 9.40. The second kappa shape index (κ2) is 5.32. The van der Waals surface area contributed by atoms with Gasteiger partial charge in [-0.3, -0.25) is 4.79 Å². The lowest BCUT2D eigenvalue weighted by molar-refractivity contribution is 0.102. The zero-order valence-electron chi connectivity index (χ0n) is 11.3. The Bertz CT molecular complexity index is 643. The van der Waals surface area contributed by atoms with Crippen LogP contribution < -0.4 is 5.32 Å². The van der Waals surface area contributed by atoms with Gasteiger partial charge in [0, 0.05) is 0 Å². The summed E-state index contributed by atoms with van der Waals surface area (Å²) in [6, 6.07) is 3.37. The van der Waals surface area contributed by atoms with Gasteiger partial charge in [0.1, 0.15) is 23.1 Å². The van der Waals surface area contributed by atoms with Gasteiger partial charge in [0.05, 0.1) is 17.0 Å². The number of rotatable bonds is 2. The molecule has 1 aromatic heterocycles. The molecule has 0 saturated carbocycles. The smallest absolute Gasteiger partial charge is 0.259 e. The van der Waals surface area contributed by atoms with E-state index in [1.807, 2.05) is 0 Å². The Morgan fingerprint density at radius 2 is 1.55 bits per heavy atom. The number of para-hydroxylation sites is 1. The van der Waals surface area contributed by atoms with Crippen molar-refractivity contribution >= 4 is 11.6 Å². The highest BCUT2D eigenvalue weighted by Crippen LogP contribution is 2.20. The largest absolute Gasteiger partial charge is 0.317 e. The molecule has 4 nitrogen and oxygen atoms in total. The number of halogens is 2. The molecule has 0 atom stereocenters. The van der Waals surface area contributed by atoms with E-state index in [-0.39, 0.29) is 5.56 Å². The fourth-order valence-electron chi connectivity index (χ4n) is 2.01. The maximum Gasteiger partial charge on any atom is 0.259 e. The fraction of sp³-hybridized carbons (Fsp3) is 0.214. The van der Waals surface area contributed by atoms with Gasteiger partial charge in [-0.1, -0.05) is 6.07 Å². The van der Waals surface area contributed by atoms with E-state index in [1.165, 1.54) is 6.07 Å². The van der Waals surface area contributed by atoms with Crippen molar-refractivity contribution in [2.75, 3.05) is 5.32 Å². The molecule has 1 amide bonds. The zero-order chi connectivity index (χ0) is 14.9. The topological polar surface area (TPSA) is 54.9 Å². The molecule has 0 unspecified atom stereocenters. The van der Waals surface area contributed by atoms with Crippen LogP contribution in [0.1, 0.15) is 27.6 Å². The quantitative estimate of drug-likeness (QED) is 0.918. The summed E-state index contributed by atoms with van der Waals surface area (Å²) >= 11 is 0. The summed E-state index contributed by atoms with van der Waals surface area (Å²) in [5, 5.41) is 2.23. The minimum absolute atomic E-state index is 0.221. The van der Waals surface area contributed by atoms with Gasteiger partial charge >= 0.3 is 0 Å². The lowest BCUT2D eigenvalue weighted by Gasteiger charge is -2.11.